The van der Waals surface area contributed by atoms with Gasteiger partial charge in [0.15, 0.2) is 5.82 Å². The van der Waals surface area contributed by atoms with Crippen LogP contribution in [0.3, 0.4) is 0 Å². The van der Waals surface area contributed by atoms with E-state index in [1.54, 1.807) is 12.1 Å². The van der Waals surface area contributed by atoms with E-state index in [1.807, 2.05) is 6.07 Å². The summed E-state index contributed by atoms with van der Waals surface area (Å²) in [6, 6.07) is 5.01. The maximum absolute atomic E-state index is 13.1. The molecule has 4 rings (SSSR count). The predicted octanol–water partition coefficient (Wildman–Crippen LogP) is 7.74. The third-order valence-corrected chi connectivity index (χ3v) is 12.0. The molecular weight excluding hydrogens is 725 g/mol. The zero-order chi connectivity index (χ0) is 39.4. The molecule has 0 spiro atoms. The highest BCUT2D eigenvalue weighted by molar-refractivity contribution is 7.47. The van der Waals surface area contributed by atoms with Gasteiger partial charge in [0.2, 0.25) is 5.60 Å². The number of nitrogens with zero attached hydrogens (tertiary/aromatic N) is 4. The van der Waals surface area contributed by atoms with E-state index in [9.17, 15) is 24.9 Å². The molecule has 15 heteroatoms. The van der Waals surface area contributed by atoms with E-state index in [1.165, 1.54) is 107 Å². The normalized spacial score (nSPS) is 23.6. The molecule has 1 saturated carbocycles. The molecule has 1 aliphatic carbocycles. The van der Waals surface area contributed by atoms with Crippen molar-refractivity contribution in [3.63, 3.8) is 0 Å². The Labute approximate surface area is 328 Å². The number of phosphoric ester groups is 1. The van der Waals surface area contributed by atoms with Gasteiger partial charge in [-0.05, 0) is 37.3 Å². The van der Waals surface area contributed by atoms with Gasteiger partial charge in [0, 0.05) is 13.2 Å². The molecule has 0 aromatic carbocycles. The third kappa shape index (κ3) is 14.9. The molecule has 2 fully saturated rings. The standard InChI is InChI=1S/C40H68N5O9P/c1-2-3-4-5-6-7-8-9-10-11-12-13-14-15-16-20-25-50-27-33(51-26-32-21-18-17-19-22-32)28-52-55(48,49)53-30-40(29-41)38(47)36(46)37(54-40)34-23-24-35-39(42)43-31-44-45(34)35/h23-24,31-33,36-38,46-47H,2-22,25-28,30H2,1H3,(H,48,49)(H2,42,43,44)/t33-,36+,37+,38+,40-/m1/s1. The molecule has 55 heavy (non-hydrogen) atoms. The van der Waals surface area contributed by atoms with Crippen LogP contribution < -0.4 is 5.73 Å². The predicted molar refractivity (Wildman–Crippen MR) is 210 cm³/mol. The van der Waals surface area contributed by atoms with Gasteiger partial charge in [-0.15, -0.1) is 0 Å². The number of nitriles is 1. The number of aliphatic hydroxyl groups is 2. The topological polar surface area (TPSA) is 204 Å². The number of phosphoric acid groups is 1. The van der Waals surface area contributed by atoms with Crippen molar-refractivity contribution < 1.29 is 42.9 Å². The van der Waals surface area contributed by atoms with Gasteiger partial charge in [0.05, 0.1) is 18.9 Å². The lowest BCUT2D eigenvalue weighted by molar-refractivity contribution is -0.0798. The van der Waals surface area contributed by atoms with Crippen molar-refractivity contribution in [2.75, 3.05) is 38.8 Å². The molecular formula is C40H68N5O9P. The summed E-state index contributed by atoms with van der Waals surface area (Å²) in [4.78, 5) is 14.6. The molecule has 0 bridgehead atoms. The summed E-state index contributed by atoms with van der Waals surface area (Å²) in [5.74, 6) is 0.611. The Kier molecular flexibility index (Phi) is 20.3. The van der Waals surface area contributed by atoms with Crippen molar-refractivity contribution in [3.8, 4) is 6.07 Å². The largest absolute Gasteiger partial charge is 0.472 e. The number of nitrogen functional groups attached to an aromatic ring is 1. The van der Waals surface area contributed by atoms with Crippen LogP contribution in [0.5, 0.6) is 0 Å². The fourth-order valence-corrected chi connectivity index (χ4v) is 8.39. The number of nitrogens with two attached hydrogens (primary N) is 1. The fraction of sp³-hybridized carbons (Fsp3) is 0.825. The molecule has 0 amide bonds. The first-order valence-corrected chi connectivity index (χ1v) is 22.5. The molecule has 0 radical (unpaired) electrons. The Hall–Kier alpha value is -2.18. The van der Waals surface area contributed by atoms with Gasteiger partial charge in [0.25, 0.3) is 0 Å². The maximum Gasteiger partial charge on any atom is 0.472 e. The lowest BCUT2D eigenvalue weighted by Gasteiger charge is -2.27. The molecule has 1 saturated heterocycles. The van der Waals surface area contributed by atoms with Gasteiger partial charge >= 0.3 is 7.82 Å². The second kappa shape index (κ2) is 24.6. The first-order valence-electron chi connectivity index (χ1n) is 21.0. The number of aliphatic hydroxyl groups excluding tert-OH is 2. The summed E-state index contributed by atoms with van der Waals surface area (Å²) in [6.07, 6.45) is 22.5. The highest BCUT2D eigenvalue weighted by Crippen LogP contribution is 2.47. The second-order valence-corrected chi connectivity index (χ2v) is 17.0. The van der Waals surface area contributed by atoms with Crippen LogP contribution in [0.2, 0.25) is 0 Å². The van der Waals surface area contributed by atoms with Crippen LogP contribution in [-0.4, -0.2) is 86.7 Å². The number of anilines is 1. The van der Waals surface area contributed by atoms with Crippen LogP contribution >= 0.6 is 7.82 Å². The van der Waals surface area contributed by atoms with Crippen molar-refractivity contribution in [1.29, 1.82) is 5.26 Å². The van der Waals surface area contributed by atoms with E-state index < -0.39 is 44.4 Å². The van der Waals surface area contributed by atoms with Gasteiger partial charge in [-0.25, -0.2) is 14.1 Å². The zero-order valence-corrected chi connectivity index (χ0v) is 34.0. The Morgan fingerprint density at radius 3 is 2.18 bits per heavy atom. The first kappa shape index (κ1) is 45.5. The number of rotatable bonds is 29. The number of ether oxygens (including phenoxy) is 3. The van der Waals surface area contributed by atoms with Crippen LogP contribution in [-0.2, 0) is 27.8 Å². The minimum atomic E-state index is -4.76. The van der Waals surface area contributed by atoms with Gasteiger partial charge in [-0.2, -0.15) is 10.4 Å². The third-order valence-electron chi connectivity index (χ3n) is 11.0. The molecule has 1 aliphatic heterocycles. The van der Waals surface area contributed by atoms with Crippen molar-refractivity contribution in [2.24, 2.45) is 5.92 Å². The van der Waals surface area contributed by atoms with Gasteiger partial charge in [-0.1, -0.05) is 122 Å². The Balaban J connectivity index is 1.15. The van der Waals surface area contributed by atoms with Gasteiger partial charge < -0.3 is 35.1 Å². The lowest BCUT2D eigenvalue weighted by Crippen LogP contribution is -2.45. The van der Waals surface area contributed by atoms with E-state index in [-0.39, 0.29) is 19.0 Å². The second-order valence-electron chi connectivity index (χ2n) is 15.6. The minimum Gasteiger partial charge on any atom is -0.387 e. The summed E-state index contributed by atoms with van der Waals surface area (Å²) >= 11 is 0. The number of unbranched alkanes of at least 4 members (excludes halogenated alkanes) is 15. The van der Waals surface area contributed by atoms with Crippen LogP contribution in [0, 0.1) is 17.2 Å². The molecule has 2 aromatic heterocycles. The van der Waals surface area contributed by atoms with E-state index in [4.69, 9.17) is 29.0 Å². The minimum absolute atomic E-state index is 0.189. The first-order chi connectivity index (χ1) is 26.7. The summed E-state index contributed by atoms with van der Waals surface area (Å²) in [5, 5.41) is 35.9. The van der Waals surface area contributed by atoms with Crippen molar-refractivity contribution in [2.45, 2.75) is 172 Å². The number of hydrogen-bond acceptors (Lipinski definition) is 12. The van der Waals surface area contributed by atoms with E-state index in [2.05, 4.69) is 17.0 Å². The highest BCUT2D eigenvalue weighted by atomic mass is 31.2. The van der Waals surface area contributed by atoms with Crippen molar-refractivity contribution in [1.82, 2.24) is 14.6 Å². The Morgan fingerprint density at radius 1 is 0.945 bits per heavy atom. The zero-order valence-electron chi connectivity index (χ0n) is 33.1. The maximum atomic E-state index is 13.1. The Bertz CT molecular complexity index is 1450. The van der Waals surface area contributed by atoms with Crippen LogP contribution in [0.25, 0.3) is 5.52 Å². The molecule has 1 unspecified atom stereocenters. The summed E-state index contributed by atoms with van der Waals surface area (Å²) in [7, 11) is -4.76. The van der Waals surface area contributed by atoms with Crippen LogP contribution in [0.4, 0.5) is 5.82 Å². The molecule has 5 N–H and O–H groups in total. The summed E-state index contributed by atoms with van der Waals surface area (Å²) in [5.41, 5.74) is 4.48. The molecule has 2 aromatic rings. The smallest absolute Gasteiger partial charge is 0.387 e. The quantitative estimate of drug-likeness (QED) is 0.0460. The number of aromatic nitrogens is 3. The number of hydrogen-bond donors (Lipinski definition) is 4. The monoisotopic (exact) mass is 793 g/mol. The van der Waals surface area contributed by atoms with Crippen molar-refractivity contribution >= 4 is 19.2 Å². The van der Waals surface area contributed by atoms with Gasteiger partial charge in [-0.3, -0.25) is 9.05 Å². The summed E-state index contributed by atoms with van der Waals surface area (Å²) < 4.78 is 42.9. The SMILES string of the molecule is CCCCCCCCCCCCCCCCCCOC[C@H](COP(=O)(O)OC[C@@]1(C#N)O[C@@H](c2ccc3c(N)ncnn23)[C@H](O)[C@@H]1O)OCC1CCCCC1. The van der Waals surface area contributed by atoms with Crippen molar-refractivity contribution in [3.05, 3.63) is 24.2 Å². The van der Waals surface area contributed by atoms with Crippen LogP contribution in [0.15, 0.2) is 18.5 Å². The van der Waals surface area contributed by atoms with Crippen LogP contribution in [0.1, 0.15) is 154 Å². The van der Waals surface area contributed by atoms with E-state index in [0.717, 1.165) is 38.5 Å². The average molecular weight is 794 g/mol. The highest BCUT2D eigenvalue weighted by Gasteiger charge is 2.57. The average Bonchev–Trinajstić information content (AvgIpc) is 3.73. The molecule has 2 aliphatic rings. The molecule has 14 nitrogen and oxygen atoms in total. The molecule has 3 heterocycles. The van der Waals surface area contributed by atoms with E-state index >= 15 is 0 Å². The summed E-state index contributed by atoms with van der Waals surface area (Å²) in [6.45, 7) is 2.41. The number of fused-ring (bicyclic) bond motifs is 1. The van der Waals surface area contributed by atoms with E-state index in [0.29, 0.717) is 30.3 Å². The molecule has 6 atom stereocenters. The fourth-order valence-electron chi connectivity index (χ4n) is 7.60. The van der Waals surface area contributed by atoms with Gasteiger partial charge in [0.1, 0.15) is 48.9 Å². The lowest BCUT2D eigenvalue weighted by atomic mass is 9.90. The molecule has 312 valence electrons. The Morgan fingerprint density at radius 2 is 1.56 bits per heavy atom.